The Hall–Kier alpha value is -1.97. The summed E-state index contributed by atoms with van der Waals surface area (Å²) >= 11 is 11.9. The maximum atomic E-state index is 12.8. The molecule has 0 saturated carbocycles. The Morgan fingerprint density at radius 2 is 1.72 bits per heavy atom. The Balaban J connectivity index is 1.46. The van der Waals surface area contributed by atoms with Gasteiger partial charge in [-0.3, -0.25) is 9.69 Å². The first-order valence-corrected chi connectivity index (χ1v) is 11.2. The minimum Gasteiger partial charge on any atom is -0.309 e. The van der Waals surface area contributed by atoms with Gasteiger partial charge < -0.3 is 4.98 Å². The van der Waals surface area contributed by atoms with Crippen molar-refractivity contribution < 1.29 is 8.42 Å². The molecule has 29 heavy (non-hydrogen) atoms. The lowest BCUT2D eigenvalue weighted by atomic mass is 10.2. The van der Waals surface area contributed by atoms with E-state index in [9.17, 15) is 13.2 Å². The van der Waals surface area contributed by atoms with E-state index in [2.05, 4.69) is 14.9 Å². The van der Waals surface area contributed by atoms with Crippen LogP contribution in [0.5, 0.6) is 0 Å². The number of aromatic nitrogens is 2. The van der Waals surface area contributed by atoms with E-state index in [4.69, 9.17) is 23.2 Å². The fourth-order valence-corrected chi connectivity index (χ4v) is 5.24. The number of halogens is 2. The van der Waals surface area contributed by atoms with Gasteiger partial charge in [-0.05, 0) is 36.4 Å². The van der Waals surface area contributed by atoms with Crippen LogP contribution < -0.4 is 5.56 Å². The highest BCUT2D eigenvalue weighted by Gasteiger charge is 2.28. The monoisotopic (exact) mass is 452 g/mol. The number of rotatable bonds is 4. The number of hydrogen-bond donors (Lipinski definition) is 1. The highest BCUT2D eigenvalue weighted by atomic mass is 35.5. The quantitative estimate of drug-likeness (QED) is 0.657. The Kier molecular flexibility index (Phi) is 5.63. The van der Waals surface area contributed by atoms with E-state index in [-0.39, 0.29) is 10.5 Å². The van der Waals surface area contributed by atoms with Gasteiger partial charge >= 0.3 is 0 Å². The minimum atomic E-state index is -3.59. The summed E-state index contributed by atoms with van der Waals surface area (Å²) < 4.78 is 27.1. The third-order valence-corrected chi connectivity index (χ3v) is 7.22. The summed E-state index contributed by atoms with van der Waals surface area (Å²) in [6.45, 7) is 2.16. The van der Waals surface area contributed by atoms with E-state index in [0.29, 0.717) is 59.5 Å². The SMILES string of the molecule is O=c1[nH]c(CN2CCN(S(=O)(=O)c3cccc(Cl)c3)CC2)nc2cc(Cl)ccc12. The first-order chi connectivity index (χ1) is 13.8. The summed E-state index contributed by atoms with van der Waals surface area (Å²) in [7, 11) is -3.59. The van der Waals surface area contributed by atoms with Crippen molar-refractivity contribution in [2.45, 2.75) is 11.4 Å². The van der Waals surface area contributed by atoms with Crippen LogP contribution in [0.15, 0.2) is 52.2 Å². The molecule has 0 radical (unpaired) electrons. The molecule has 1 aliphatic heterocycles. The molecule has 152 valence electrons. The molecule has 1 saturated heterocycles. The maximum absolute atomic E-state index is 12.8. The summed E-state index contributed by atoms with van der Waals surface area (Å²) in [6.07, 6.45) is 0. The van der Waals surface area contributed by atoms with Gasteiger partial charge in [-0.2, -0.15) is 4.31 Å². The van der Waals surface area contributed by atoms with Gasteiger partial charge in [0, 0.05) is 36.2 Å². The van der Waals surface area contributed by atoms with Gasteiger partial charge in [0.15, 0.2) is 0 Å². The van der Waals surface area contributed by atoms with Crippen LogP contribution in [-0.2, 0) is 16.6 Å². The Morgan fingerprint density at radius 3 is 2.45 bits per heavy atom. The van der Waals surface area contributed by atoms with Crippen molar-refractivity contribution in [3.05, 3.63) is 68.7 Å². The van der Waals surface area contributed by atoms with Gasteiger partial charge in [-0.25, -0.2) is 13.4 Å². The molecule has 0 bridgehead atoms. The number of sulfonamides is 1. The van der Waals surface area contributed by atoms with Crippen molar-refractivity contribution in [1.82, 2.24) is 19.2 Å². The molecule has 0 spiro atoms. The fraction of sp³-hybridized carbons (Fsp3) is 0.263. The van der Waals surface area contributed by atoms with Crippen LogP contribution >= 0.6 is 23.2 Å². The van der Waals surface area contributed by atoms with Crippen molar-refractivity contribution in [2.75, 3.05) is 26.2 Å². The lowest BCUT2D eigenvalue weighted by Crippen LogP contribution is -2.48. The molecule has 1 N–H and O–H groups in total. The lowest BCUT2D eigenvalue weighted by molar-refractivity contribution is 0.178. The van der Waals surface area contributed by atoms with E-state index in [1.54, 1.807) is 36.4 Å². The largest absolute Gasteiger partial charge is 0.309 e. The second kappa shape index (κ2) is 8.04. The second-order valence-corrected chi connectivity index (χ2v) is 9.62. The number of H-pyrrole nitrogens is 1. The van der Waals surface area contributed by atoms with E-state index < -0.39 is 10.0 Å². The van der Waals surface area contributed by atoms with E-state index in [1.165, 1.54) is 10.4 Å². The van der Waals surface area contributed by atoms with Crippen LogP contribution in [0.25, 0.3) is 10.9 Å². The summed E-state index contributed by atoms with van der Waals surface area (Å²) in [5.74, 6) is 0.524. The molecule has 0 atom stereocenters. The number of nitrogens with one attached hydrogen (secondary N) is 1. The zero-order valence-corrected chi connectivity index (χ0v) is 17.6. The Bertz CT molecular complexity index is 1220. The third-order valence-electron chi connectivity index (χ3n) is 4.86. The van der Waals surface area contributed by atoms with Gasteiger partial charge in [0.25, 0.3) is 5.56 Å². The predicted molar refractivity (Wildman–Crippen MR) is 113 cm³/mol. The minimum absolute atomic E-state index is 0.191. The molecule has 0 amide bonds. The molecule has 10 heteroatoms. The van der Waals surface area contributed by atoms with E-state index in [1.807, 2.05) is 0 Å². The number of piperazine rings is 1. The van der Waals surface area contributed by atoms with Crippen LogP contribution in [0.3, 0.4) is 0 Å². The molecular weight excluding hydrogens is 435 g/mol. The Labute approximate surface area is 177 Å². The smallest absolute Gasteiger partial charge is 0.258 e. The van der Waals surface area contributed by atoms with Crippen molar-refractivity contribution in [2.24, 2.45) is 0 Å². The van der Waals surface area contributed by atoms with Crippen molar-refractivity contribution in [3.63, 3.8) is 0 Å². The molecule has 0 unspecified atom stereocenters. The Morgan fingerprint density at radius 1 is 1.00 bits per heavy atom. The van der Waals surface area contributed by atoms with Crippen molar-refractivity contribution in [3.8, 4) is 0 Å². The number of fused-ring (bicyclic) bond motifs is 1. The fourth-order valence-electron chi connectivity index (χ4n) is 3.35. The molecule has 4 rings (SSSR count). The highest BCUT2D eigenvalue weighted by molar-refractivity contribution is 7.89. The molecule has 1 fully saturated rings. The first-order valence-electron chi connectivity index (χ1n) is 8.99. The average Bonchev–Trinajstić information content (AvgIpc) is 2.68. The summed E-state index contributed by atoms with van der Waals surface area (Å²) in [4.78, 5) is 21.8. The zero-order valence-electron chi connectivity index (χ0n) is 15.3. The molecular formula is C19H18Cl2N4O3S. The number of benzene rings is 2. The van der Waals surface area contributed by atoms with Crippen LogP contribution in [0.4, 0.5) is 0 Å². The van der Waals surface area contributed by atoms with Crippen LogP contribution in [-0.4, -0.2) is 53.8 Å². The number of hydrogen-bond acceptors (Lipinski definition) is 5. The molecule has 2 heterocycles. The first kappa shape index (κ1) is 20.3. The van der Waals surface area contributed by atoms with Crippen LogP contribution in [0, 0.1) is 0 Å². The topological polar surface area (TPSA) is 86.4 Å². The molecule has 3 aromatic rings. The normalized spacial score (nSPS) is 16.3. The molecule has 0 aliphatic carbocycles. The third kappa shape index (κ3) is 4.31. The van der Waals surface area contributed by atoms with E-state index in [0.717, 1.165) is 0 Å². The predicted octanol–water partition coefficient (Wildman–Crippen LogP) is 2.74. The lowest BCUT2D eigenvalue weighted by Gasteiger charge is -2.33. The molecule has 1 aromatic heterocycles. The van der Waals surface area contributed by atoms with Gasteiger partial charge in [-0.1, -0.05) is 29.3 Å². The van der Waals surface area contributed by atoms with Crippen LogP contribution in [0.2, 0.25) is 10.0 Å². The number of aromatic amines is 1. The van der Waals surface area contributed by atoms with Gasteiger partial charge in [-0.15, -0.1) is 0 Å². The van der Waals surface area contributed by atoms with Crippen molar-refractivity contribution >= 4 is 44.1 Å². The molecule has 1 aliphatic rings. The van der Waals surface area contributed by atoms with Gasteiger partial charge in [0.1, 0.15) is 5.82 Å². The summed E-state index contributed by atoms with van der Waals surface area (Å²) in [5, 5.41) is 1.38. The zero-order chi connectivity index (χ0) is 20.6. The van der Waals surface area contributed by atoms with Crippen LogP contribution in [0.1, 0.15) is 5.82 Å². The van der Waals surface area contributed by atoms with Gasteiger partial charge in [0.2, 0.25) is 10.0 Å². The molecule has 7 nitrogen and oxygen atoms in total. The van der Waals surface area contributed by atoms with Crippen molar-refractivity contribution in [1.29, 1.82) is 0 Å². The van der Waals surface area contributed by atoms with E-state index >= 15 is 0 Å². The number of nitrogens with zero attached hydrogens (tertiary/aromatic N) is 3. The standard InChI is InChI=1S/C19H18Cl2N4O3S/c20-13-2-1-3-15(10-13)29(27,28)25-8-6-24(7-9-25)12-18-22-17-11-14(21)4-5-16(17)19(26)23-18/h1-5,10-11H,6-9,12H2,(H,22,23,26). The second-order valence-electron chi connectivity index (χ2n) is 6.81. The summed E-state index contributed by atoms with van der Waals surface area (Å²) in [6, 6.07) is 11.2. The summed E-state index contributed by atoms with van der Waals surface area (Å²) in [5.41, 5.74) is 0.322. The van der Waals surface area contributed by atoms with Gasteiger partial charge in [0.05, 0.1) is 22.3 Å². The molecule has 2 aromatic carbocycles. The average molecular weight is 453 g/mol. The highest BCUT2D eigenvalue weighted by Crippen LogP contribution is 2.21. The maximum Gasteiger partial charge on any atom is 0.258 e.